The van der Waals surface area contributed by atoms with E-state index in [4.69, 9.17) is 5.73 Å². The lowest BCUT2D eigenvalue weighted by molar-refractivity contribution is 0.699. The van der Waals surface area contributed by atoms with Crippen LogP contribution in [0.3, 0.4) is 0 Å². The van der Waals surface area contributed by atoms with Crippen LogP contribution >= 0.6 is 12.4 Å². The maximum absolute atomic E-state index is 5.99. The molecule has 2 rings (SSSR count). The van der Waals surface area contributed by atoms with Crippen molar-refractivity contribution >= 4 is 18.1 Å². The van der Waals surface area contributed by atoms with Crippen molar-refractivity contribution in [2.24, 2.45) is 5.73 Å². The monoisotopic (exact) mass is 276 g/mol. The summed E-state index contributed by atoms with van der Waals surface area (Å²) in [5, 5.41) is 3.40. The average molecular weight is 277 g/mol. The van der Waals surface area contributed by atoms with Crippen molar-refractivity contribution < 1.29 is 0 Å². The van der Waals surface area contributed by atoms with Gasteiger partial charge in [0.05, 0.1) is 0 Å². The Morgan fingerprint density at radius 3 is 2.21 bits per heavy atom. The molecule has 0 bridgehead atoms. The standard InChI is InChI=1S/C16H20N2.ClH/c1-2-16(17)14-8-10-15(11-9-14)18-12-13-6-4-3-5-7-13;/h3-11,16,18H,2,12,17H2,1H3;1H/t16-;/m0./s1. The molecule has 3 heteroatoms. The van der Waals surface area contributed by atoms with Crippen LogP contribution in [0.4, 0.5) is 5.69 Å². The van der Waals surface area contributed by atoms with Crippen LogP contribution in [-0.2, 0) is 6.54 Å². The van der Waals surface area contributed by atoms with Crippen LogP contribution in [-0.4, -0.2) is 0 Å². The minimum Gasteiger partial charge on any atom is -0.381 e. The Hall–Kier alpha value is -1.51. The number of hydrogen-bond acceptors (Lipinski definition) is 2. The summed E-state index contributed by atoms with van der Waals surface area (Å²) in [5.74, 6) is 0. The second-order valence-corrected chi connectivity index (χ2v) is 4.48. The van der Waals surface area contributed by atoms with Crippen LogP contribution in [0, 0.1) is 0 Å². The lowest BCUT2D eigenvalue weighted by atomic mass is 10.1. The van der Waals surface area contributed by atoms with Crippen LogP contribution in [0.2, 0.25) is 0 Å². The fraction of sp³-hybridized carbons (Fsp3) is 0.250. The Balaban J connectivity index is 0.00000180. The van der Waals surface area contributed by atoms with Crippen molar-refractivity contribution in [2.45, 2.75) is 25.9 Å². The topological polar surface area (TPSA) is 38.0 Å². The van der Waals surface area contributed by atoms with E-state index in [2.05, 4.69) is 60.8 Å². The Morgan fingerprint density at radius 1 is 1.00 bits per heavy atom. The second kappa shape index (κ2) is 7.82. The van der Waals surface area contributed by atoms with E-state index >= 15 is 0 Å². The van der Waals surface area contributed by atoms with E-state index in [9.17, 15) is 0 Å². The van der Waals surface area contributed by atoms with Gasteiger partial charge in [-0.1, -0.05) is 49.4 Å². The first-order valence-electron chi connectivity index (χ1n) is 6.43. The molecule has 2 aromatic carbocycles. The maximum Gasteiger partial charge on any atom is 0.0400 e. The van der Waals surface area contributed by atoms with Crippen molar-refractivity contribution in [1.82, 2.24) is 0 Å². The van der Waals surface area contributed by atoms with Gasteiger partial charge in [-0.25, -0.2) is 0 Å². The number of halogens is 1. The van der Waals surface area contributed by atoms with Gasteiger partial charge in [0, 0.05) is 18.3 Å². The molecule has 0 fully saturated rings. The number of anilines is 1. The van der Waals surface area contributed by atoms with Gasteiger partial charge in [-0.3, -0.25) is 0 Å². The Bertz CT molecular complexity index is 468. The third kappa shape index (κ3) is 4.58. The summed E-state index contributed by atoms with van der Waals surface area (Å²) in [5.41, 5.74) is 9.60. The van der Waals surface area contributed by atoms with Gasteiger partial charge in [-0.2, -0.15) is 0 Å². The number of nitrogens with one attached hydrogen (secondary N) is 1. The van der Waals surface area contributed by atoms with Crippen molar-refractivity contribution in [3.05, 3.63) is 65.7 Å². The van der Waals surface area contributed by atoms with E-state index in [1.165, 1.54) is 11.1 Å². The van der Waals surface area contributed by atoms with Crippen LogP contribution in [0.15, 0.2) is 54.6 Å². The molecule has 0 saturated carbocycles. The molecule has 0 saturated heterocycles. The third-order valence-electron chi connectivity index (χ3n) is 3.12. The summed E-state index contributed by atoms with van der Waals surface area (Å²) in [7, 11) is 0. The highest BCUT2D eigenvalue weighted by Crippen LogP contribution is 2.17. The molecule has 19 heavy (non-hydrogen) atoms. The number of nitrogens with two attached hydrogens (primary N) is 1. The van der Waals surface area contributed by atoms with Crippen LogP contribution in [0.5, 0.6) is 0 Å². The Labute approximate surface area is 121 Å². The zero-order valence-corrected chi connectivity index (χ0v) is 12.0. The lowest BCUT2D eigenvalue weighted by Gasteiger charge is -2.11. The molecule has 2 aromatic rings. The minimum absolute atomic E-state index is 0. The molecule has 0 radical (unpaired) electrons. The highest BCUT2D eigenvalue weighted by molar-refractivity contribution is 5.85. The maximum atomic E-state index is 5.99. The molecule has 0 aromatic heterocycles. The quantitative estimate of drug-likeness (QED) is 0.862. The molecule has 0 aliphatic carbocycles. The van der Waals surface area contributed by atoms with Crippen LogP contribution in [0.1, 0.15) is 30.5 Å². The van der Waals surface area contributed by atoms with Crippen molar-refractivity contribution in [1.29, 1.82) is 0 Å². The van der Waals surface area contributed by atoms with Crippen LogP contribution < -0.4 is 11.1 Å². The molecule has 0 aliphatic heterocycles. The van der Waals surface area contributed by atoms with Gasteiger partial charge in [0.25, 0.3) is 0 Å². The number of hydrogen-bond donors (Lipinski definition) is 2. The number of rotatable bonds is 5. The molecular formula is C16H21ClN2. The Morgan fingerprint density at radius 2 is 1.63 bits per heavy atom. The number of benzene rings is 2. The fourth-order valence-electron chi connectivity index (χ4n) is 1.88. The second-order valence-electron chi connectivity index (χ2n) is 4.48. The summed E-state index contributed by atoms with van der Waals surface area (Å²) in [6, 6.07) is 18.9. The molecule has 0 unspecified atom stereocenters. The minimum atomic E-state index is 0. The largest absolute Gasteiger partial charge is 0.381 e. The first kappa shape index (κ1) is 15.5. The summed E-state index contributed by atoms with van der Waals surface area (Å²) >= 11 is 0. The van der Waals surface area contributed by atoms with Crippen molar-refractivity contribution in [3.63, 3.8) is 0 Å². The highest BCUT2D eigenvalue weighted by Gasteiger charge is 2.02. The van der Waals surface area contributed by atoms with Gasteiger partial charge in [-0.15, -0.1) is 12.4 Å². The highest BCUT2D eigenvalue weighted by atomic mass is 35.5. The fourth-order valence-corrected chi connectivity index (χ4v) is 1.88. The van der Waals surface area contributed by atoms with E-state index in [1.807, 2.05) is 6.07 Å². The summed E-state index contributed by atoms with van der Waals surface area (Å²) < 4.78 is 0. The summed E-state index contributed by atoms with van der Waals surface area (Å²) in [4.78, 5) is 0. The van der Waals surface area contributed by atoms with E-state index < -0.39 is 0 Å². The smallest absolute Gasteiger partial charge is 0.0400 e. The molecular weight excluding hydrogens is 256 g/mol. The van der Waals surface area contributed by atoms with Gasteiger partial charge in [0.1, 0.15) is 0 Å². The van der Waals surface area contributed by atoms with Gasteiger partial charge in [0.15, 0.2) is 0 Å². The Kier molecular flexibility index (Phi) is 6.40. The summed E-state index contributed by atoms with van der Waals surface area (Å²) in [6.45, 7) is 2.95. The van der Waals surface area contributed by atoms with E-state index in [0.717, 1.165) is 18.7 Å². The molecule has 2 nitrogen and oxygen atoms in total. The van der Waals surface area contributed by atoms with E-state index in [1.54, 1.807) is 0 Å². The first-order chi connectivity index (χ1) is 8.79. The lowest BCUT2D eigenvalue weighted by Crippen LogP contribution is -2.08. The predicted molar refractivity (Wildman–Crippen MR) is 84.7 cm³/mol. The average Bonchev–Trinajstić information content (AvgIpc) is 2.46. The zero-order valence-electron chi connectivity index (χ0n) is 11.2. The first-order valence-corrected chi connectivity index (χ1v) is 6.43. The van der Waals surface area contributed by atoms with Crippen molar-refractivity contribution in [3.8, 4) is 0 Å². The zero-order chi connectivity index (χ0) is 12.8. The van der Waals surface area contributed by atoms with Gasteiger partial charge >= 0.3 is 0 Å². The normalized spacial score (nSPS) is 11.5. The van der Waals surface area contributed by atoms with Crippen molar-refractivity contribution in [2.75, 3.05) is 5.32 Å². The molecule has 3 N–H and O–H groups in total. The van der Waals surface area contributed by atoms with E-state index in [-0.39, 0.29) is 18.4 Å². The molecule has 0 heterocycles. The molecule has 0 aliphatic rings. The van der Waals surface area contributed by atoms with Crippen LogP contribution in [0.25, 0.3) is 0 Å². The molecule has 102 valence electrons. The SMILES string of the molecule is CC[C@H](N)c1ccc(NCc2ccccc2)cc1.Cl. The predicted octanol–water partition coefficient (Wildman–Crippen LogP) is 4.13. The van der Waals surface area contributed by atoms with Gasteiger partial charge in [0.2, 0.25) is 0 Å². The van der Waals surface area contributed by atoms with E-state index in [0.29, 0.717) is 0 Å². The summed E-state index contributed by atoms with van der Waals surface area (Å²) in [6.07, 6.45) is 0.969. The molecule has 0 spiro atoms. The molecule has 0 amide bonds. The van der Waals surface area contributed by atoms with Gasteiger partial charge in [-0.05, 0) is 29.7 Å². The molecule has 1 atom stereocenters. The third-order valence-corrected chi connectivity index (χ3v) is 3.12. The van der Waals surface area contributed by atoms with Gasteiger partial charge < -0.3 is 11.1 Å².